The molecule has 2 aliphatic rings. The molecule has 0 spiro atoms. The highest BCUT2D eigenvalue weighted by Crippen LogP contribution is 2.48. The second-order valence-electron chi connectivity index (χ2n) is 7.36. The van der Waals surface area contributed by atoms with E-state index in [1.807, 2.05) is 0 Å². The van der Waals surface area contributed by atoms with Gasteiger partial charge in [0.1, 0.15) is 13.6 Å². The van der Waals surface area contributed by atoms with Gasteiger partial charge < -0.3 is 19.7 Å². The van der Waals surface area contributed by atoms with Crippen LogP contribution in [0.15, 0.2) is 0 Å². The van der Waals surface area contributed by atoms with E-state index in [0.29, 0.717) is 5.41 Å². The Balaban J connectivity index is 1.82. The fourth-order valence-electron chi connectivity index (χ4n) is 4.49. The molecule has 0 aromatic rings. The average molecular weight is 300 g/mol. The average Bonchev–Trinajstić information content (AvgIpc) is 2.49. The molecular weight excluding hydrogens is 268 g/mol. The number of hydrogen-bond donors (Lipinski definition) is 2. The second kappa shape index (κ2) is 7.91. The van der Waals surface area contributed by atoms with E-state index >= 15 is 0 Å². The van der Waals surface area contributed by atoms with Crippen molar-refractivity contribution in [2.75, 3.05) is 13.6 Å². The summed E-state index contributed by atoms with van der Waals surface area (Å²) in [6.07, 6.45) is 9.70. The molecule has 0 aromatic carbocycles. The topological polar surface area (TPSA) is 58.9 Å². The van der Waals surface area contributed by atoms with E-state index in [0.717, 1.165) is 37.5 Å². The van der Waals surface area contributed by atoms with Crippen molar-refractivity contribution in [1.82, 2.24) is 0 Å². The standard InChI is InChI=1S/C17H32O4/c1-17(2,13-3-7-15(8-4-13)20-11-18)14-5-9-16(10-6-14)21-12-19/h13-16,18-19H,3-12H2,1-2H3. The van der Waals surface area contributed by atoms with Crippen LogP contribution in [0.4, 0.5) is 0 Å². The van der Waals surface area contributed by atoms with Crippen LogP contribution in [0.25, 0.3) is 0 Å². The molecule has 2 saturated carbocycles. The Hall–Kier alpha value is -0.160. The minimum absolute atomic E-state index is 0.145. The van der Waals surface area contributed by atoms with Crippen molar-refractivity contribution in [2.24, 2.45) is 17.3 Å². The van der Waals surface area contributed by atoms with Crippen molar-refractivity contribution >= 4 is 0 Å². The summed E-state index contributed by atoms with van der Waals surface area (Å²) in [7, 11) is 0. The highest BCUT2D eigenvalue weighted by atomic mass is 16.6. The summed E-state index contributed by atoms with van der Waals surface area (Å²) >= 11 is 0. The lowest BCUT2D eigenvalue weighted by atomic mass is 9.60. The number of aliphatic hydroxyl groups is 2. The summed E-state index contributed by atoms with van der Waals surface area (Å²) in [4.78, 5) is 0. The first-order valence-corrected chi connectivity index (χ1v) is 8.52. The molecule has 124 valence electrons. The zero-order valence-electron chi connectivity index (χ0n) is 13.6. The number of hydrogen-bond acceptors (Lipinski definition) is 4. The largest absolute Gasteiger partial charge is 0.371 e. The van der Waals surface area contributed by atoms with E-state index in [9.17, 15) is 0 Å². The molecule has 4 nitrogen and oxygen atoms in total. The van der Waals surface area contributed by atoms with Crippen LogP contribution in [-0.2, 0) is 9.47 Å². The summed E-state index contributed by atoms with van der Waals surface area (Å²) in [5, 5.41) is 17.7. The van der Waals surface area contributed by atoms with Gasteiger partial charge in [0.05, 0.1) is 12.2 Å². The van der Waals surface area contributed by atoms with Crippen LogP contribution in [-0.4, -0.2) is 36.0 Å². The molecule has 2 aliphatic carbocycles. The van der Waals surface area contributed by atoms with Crippen molar-refractivity contribution in [3.05, 3.63) is 0 Å². The van der Waals surface area contributed by atoms with E-state index < -0.39 is 0 Å². The lowest BCUT2D eigenvalue weighted by molar-refractivity contribution is -0.0885. The third-order valence-corrected chi connectivity index (χ3v) is 6.07. The van der Waals surface area contributed by atoms with Crippen molar-refractivity contribution in [3.8, 4) is 0 Å². The van der Waals surface area contributed by atoms with E-state index in [4.69, 9.17) is 19.7 Å². The minimum Gasteiger partial charge on any atom is -0.371 e. The van der Waals surface area contributed by atoms with Crippen molar-refractivity contribution in [3.63, 3.8) is 0 Å². The maximum atomic E-state index is 8.86. The third kappa shape index (κ3) is 4.41. The number of aliphatic hydroxyl groups excluding tert-OH is 2. The van der Waals surface area contributed by atoms with Crippen LogP contribution in [0.5, 0.6) is 0 Å². The Morgan fingerprint density at radius 3 is 1.33 bits per heavy atom. The molecule has 21 heavy (non-hydrogen) atoms. The van der Waals surface area contributed by atoms with Gasteiger partial charge in [-0.2, -0.15) is 0 Å². The number of ether oxygens (including phenoxy) is 2. The van der Waals surface area contributed by atoms with Crippen LogP contribution in [0.3, 0.4) is 0 Å². The van der Waals surface area contributed by atoms with Gasteiger partial charge >= 0.3 is 0 Å². The Labute approximate surface area is 128 Å². The maximum absolute atomic E-state index is 8.86. The molecule has 0 radical (unpaired) electrons. The first-order chi connectivity index (χ1) is 10.1. The predicted molar refractivity (Wildman–Crippen MR) is 81.6 cm³/mol. The smallest absolute Gasteiger partial charge is 0.143 e. The molecule has 0 aliphatic heterocycles. The molecule has 2 fully saturated rings. The molecular formula is C17H32O4. The van der Waals surface area contributed by atoms with Gasteiger partial charge in [-0.25, -0.2) is 0 Å². The van der Waals surface area contributed by atoms with Gasteiger partial charge in [0, 0.05) is 0 Å². The van der Waals surface area contributed by atoms with Gasteiger partial charge in [-0.1, -0.05) is 13.8 Å². The van der Waals surface area contributed by atoms with E-state index in [1.165, 1.54) is 25.7 Å². The zero-order chi connectivity index (χ0) is 15.3. The fourth-order valence-corrected chi connectivity index (χ4v) is 4.49. The lowest BCUT2D eigenvalue weighted by Crippen LogP contribution is -2.39. The van der Waals surface area contributed by atoms with Gasteiger partial charge in [-0.3, -0.25) is 0 Å². The fraction of sp³-hybridized carbons (Fsp3) is 1.00. The van der Waals surface area contributed by atoms with E-state index in [-0.39, 0.29) is 25.8 Å². The van der Waals surface area contributed by atoms with Gasteiger partial charge in [0.15, 0.2) is 0 Å². The highest BCUT2D eigenvalue weighted by Gasteiger charge is 2.40. The SMILES string of the molecule is CC(C)(C1CCC(OCO)CC1)C1CCC(OCO)CC1. The highest BCUT2D eigenvalue weighted by molar-refractivity contribution is 4.90. The molecule has 0 aromatic heterocycles. The molecule has 4 heteroatoms. The van der Waals surface area contributed by atoms with Crippen LogP contribution in [0.1, 0.15) is 65.2 Å². The summed E-state index contributed by atoms with van der Waals surface area (Å²) in [5.74, 6) is 1.52. The molecule has 0 saturated heterocycles. The predicted octanol–water partition coefficient (Wildman–Crippen LogP) is 3.06. The maximum Gasteiger partial charge on any atom is 0.143 e. The first kappa shape index (κ1) is 17.2. The summed E-state index contributed by atoms with van der Waals surface area (Å²) in [5.41, 5.74) is 0.369. The summed E-state index contributed by atoms with van der Waals surface area (Å²) < 4.78 is 10.7. The molecule has 0 unspecified atom stereocenters. The molecule has 2 N–H and O–H groups in total. The van der Waals surface area contributed by atoms with Crippen LogP contribution in [0, 0.1) is 17.3 Å². The van der Waals surface area contributed by atoms with Gasteiger partial charge in [0.25, 0.3) is 0 Å². The molecule has 0 heterocycles. The van der Waals surface area contributed by atoms with Gasteiger partial charge in [-0.05, 0) is 68.6 Å². The third-order valence-electron chi connectivity index (χ3n) is 6.07. The van der Waals surface area contributed by atoms with Crippen molar-refractivity contribution in [2.45, 2.75) is 77.4 Å². The van der Waals surface area contributed by atoms with E-state index in [2.05, 4.69) is 13.8 Å². The first-order valence-electron chi connectivity index (χ1n) is 8.52. The lowest BCUT2D eigenvalue weighted by Gasteiger charge is -2.46. The van der Waals surface area contributed by atoms with Crippen LogP contribution in [0.2, 0.25) is 0 Å². The Bertz CT molecular complexity index is 261. The Morgan fingerprint density at radius 1 is 0.714 bits per heavy atom. The van der Waals surface area contributed by atoms with Gasteiger partial charge in [-0.15, -0.1) is 0 Å². The Kier molecular flexibility index (Phi) is 6.48. The van der Waals surface area contributed by atoms with Gasteiger partial charge in [0.2, 0.25) is 0 Å². The number of rotatable bonds is 6. The van der Waals surface area contributed by atoms with Crippen LogP contribution >= 0.6 is 0 Å². The van der Waals surface area contributed by atoms with E-state index in [1.54, 1.807) is 0 Å². The minimum atomic E-state index is -0.145. The second-order valence-corrected chi connectivity index (χ2v) is 7.36. The molecule has 0 atom stereocenters. The molecule has 0 amide bonds. The van der Waals surface area contributed by atoms with Crippen LogP contribution < -0.4 is 0 Å². The Morgan fingerprint density at radius 2 is 1.05 bits per heavy atom. The summed E-state index contributed by atoms with van der Waals surface area (Å²) in [6, 6.07) is 0. The van der Waals surface area contributed by atoms with Crippen molar-refractivity contribution < 1.29 is 19.7 Å². The monoisotopic (exact) mass is 300 g/mol. The summed E-state index contributed by atoms with van der Waals surface area (Å²) in [6.45, 7) is 4.58. The normalized spacial score (nSPS) is 34.9. The zero-order valence-corrected chi connectivity index (χ0v) is 13.6. The van der Waals surface area contributed by atoms with Crippen molar-refractivity contribution in [1.29, 1.82) is 0 Å². The molecule has 2 rings (SSSR count). The quantitative estimate of drug-likeness (QED) is 0.740. The molecule has 0 bridgehead atoms.